The van der Waals surface area contributed by atoms with Gasteiger partial charge in [0.15, 0.2) is 5.69 Å². The molecule has 2 aromatic heterocycles. The lowest BCUT2D eigenvalue weighted by Crippen LogP contribution is -2.10. The molecule has 2 N–H and O–H groups in total. The standard InChI is InChI=1S/C19H10Cl2F3N3O2/c20-10-3-1-9(2-4-10)16-17(19(22,23)24)26-27-13(8-15(29)25-18(16)27)12-6-5-11(21)7-14(12)28/h1-8,28H,(H,25,29). The number of aromatic hydroxyl groups is 1. The minimum atomic E-state index is -4.79. The van der Waals surface area contributed by atoms with E-state index in [4.69, 9.17) is 23.2 Å². The number of fused-ring (bicyclic) bond motifs is 1. The largest absolute Gasteiger partial charge is 0.507 e. The van der Waals surface area contributed by atoms with Crippen molar-refractivity contribution in [2.75, 3.05) is 0 Å². The van der Waals surface area contributed by atoms with Crippen molar-refractivity contribution in [1.82, 2.24) is 14.6 Å². The van der Waals surface area contributed by atoms with Crippen LogP contribution in [0, 0.1) is 0 Å². The number of H-pyrrole nitrogens is 1. The van der Waals surface area contributed by atoms with Crippen LogP contribution < -0.4 is 5.56 Å². The van der Waals surface area contributed by atoms with Gasteiger partial charge in [-0.1, -0.05) is 35.3 Å². The average Bonchev–Trinajstić information content (AvgIpc) is 3.01. The van der Waals surface area contributed by atoms with Gasteiger partial charge in [0.2, 0.25) is 0 Å². The number of phenolic OH excluding ortho intramolecular Hbond substituents is 1. The van der Waals surface area contributed by atoms with Crippen LogP contribution in [0.1, 0.15) is 5.69 Å². The number of aromatic amines is 1. The molecule has 10 heteroatoms. The Kier molecular flexibility index (Phi) is 4.55. The summed E-state index contributed by atoms with van der Waals surface area (Å²) < 4.78 is 42.2. The number of hydrogen-bond donors (Lipinski definition) is 2. The number of alkyl halides is 3. The summed E-state index contributed by atoms with van der Waals surface area (Å²) in [4.78, 5) is 14.7. The third-order valence-corrected chi connectivity index (χ3v) is 4.75. The second-order valence-corrected chi connectivity index (χ2v) is 7.04. The van der Waals surface area contributed by atoms with E-state index in [0.29, 0.717) is 5.02 Å². The predicted octanol–water partition coefficient (Wildman–Crippen LogP) is 5.39. The SMILES string of the molecule is O=c1cc(-c2ccc(Cl)cc2O)n2nc(C(F)(F)F)c(-c3ccc(Cl)cc3)c2[nH]1. The Morgan fingerprint density at radius 2 is 1.66 bits per heavy atom. The van der Waals surface area contributed by atoms with E-state index in [1.54, 1.807) is 0 Å². The normalized spacial score (nSPS) is 11.9. The Balaban J connectivity index is 2.12. The molecule has 0 fully saturated rings. The number of nitrogens with one attached hydrogen (secondary N) is 1. The summed E-state index contributed by atoms with van der Waals surface area (Å²) >= 11 is 11.7. The fourth-order valence-electron chi connectivity index (χ4n) is 3.05. The molecule has 4 aromatic rings. The molecule has 148 valence electrons. The second-order valence-electron chi connectivity index (χ2n) is 6.17. The van der Waals surface area contributed by atoms with E-state index in [1.165, 1.54) is 42.5 Å². The fraction of sp³-hybridized carbons (Fsp3) is 0.0526. The number of benzene rings is 2. The highest BCUT2D eigenvalue weighted by atomic mass is 35.5. The van der Waals surface area contributed by atoms with Gasteiger partial charge < -0.3 is 10.1 Å². The van der Waals surface area contributed by atoms with Gasteiger partial charge in [-0.25, -0.2) is 4.52 Å². The summed E-state index contributed by atoms with van der Waals surface area (Å²) in [6.07, 6.45) is -4.79. The predicted molar refractivity (Wildman–Crippen MR) is 103 cm³/mol. The van der Waals surface area contributed by atoms with Crippen LogP contribution in [0.2, 0.25) is 10.0 Å². The summed E-state index contributed by atoms with van der Waals surface area (Å²) in [5.41, 5.74) is -2.07. The molecule has 0 saturated heterocycles. The fourth-order valence-corrected chi connectivity index (χ4v) is 3.34. The number of phenols is 1. The summed E-state index contributed by atoms with van der Waals surface area (Å²) in [6, 6.07) is 10.8. The van der Waals surface area contributed by atoms with E-state index < -0.39 is 17.4 Å². The third-order valence-electron chi connectivity index (χ3n) is 4.26. The van der Waals surface area contributed by atoms with Gasteiger partial charge in [-0.05, 0) is 35.9 Å². The molecule has 0 amide bonds. The number of halogens is 5. The summed E-state index contributed by atoms with van der Waals surface area (Å²) in [5.74, 6) is -0.304. The lowest BCUT2D eigenvalue weighted by Gasteiger charge is -2.08. The summed E-state index contributed by atoms with van der Waals surface area (Å²) in [5, 5.41) is 14.5. The smallest absolute Gasteiger partial charge is 0.435 e. The van der Waals surface area contributed by atoms with Gasteiger partial charge >= 0.3 is 6.18 Å². The zero-order valence-electron chi connectivity index (χ0n) is 14.3. The van der Waals surface area contributed by atoms with E-state index in [1.807, 2.05) is 0 Å². The molecule has 2 aromatic carbocycles. The van der Waals surface area contributed by atoms with Crippen LogP contribution in [0.4, 0.5) is 13.2 Å². The zero-order chi connectivity index (χ0) is 20.9. The van der Waals surface area contributed by atoms with Crippen molar-refractivity contribution in [2.45, 2.75) is 6.18 Å². The molecular formula is C19H10Cl2F3N3O2. The van der Waals surface area contributed by atoms with Crippen LogP contribution in [0.25, 0.3) is 28.0 Å². The molecule has 0 aliphatic rings. The van der Waals surface area contributed by atoms with E-state index >= 15 is 0 Å². The first-order valence-electron chi connectivity index (χ1n) is 8.13. The Labute approximate surface area is 170 Å². The molecule has 0 spiro atoms. The van der Waals surface area contributed by atoms with Gasteiger partial charge in [-0.3, -0.25) is 4.79 Å². The van der Waals surface area contributed by atoms with Crippen molar-refractivity contribution >= 4 is 28.8 Å². The number of rotatable bonds is 2. The highest BCUT2D eigenvalue weighted by Gasteiger charge is 2.39. The molecule has 29 heavy (non-hydrogen) atoms. The first-order valence-corrected chi connectivity index (χ1v) is 8.89. The number of hydrogen-bond acceptors (Lipinski definition) is 3. The second kappa shape index (κ2) is 6.82. The quantitative estimate of drug-likeness (QED) is 0.439. The van der Waals surface area contributed by atoms with Crippen molar-refractivity contribution in [3.63, 3.8) is 0 Å². The van der Waals surface area contributed by atoms with Crippen molar-refractivity contribution < 1.29 is 18.3 Å². The van der Waals surface area contributed by atoms with E-state index in [9.17, 15) is 23.1 Å². The zero-order valence-corrected chi connectivity index (χ0v) is 15.8. The van der Waals surface area contributed by atoms with Crippen molar-refractivity contribution in [3.8, 4) is 28.1 Å². The monoisotopic (exact) mass is 439 g/mol. The Morgan fingerprint density at radius 1 is 1.00 bits per heavy atom. The summed E-state index contributed by atoms with van der Waals surface area (Å²) in [6.45, 7) is 0. The number of aromatic nitrogens is 3. The molecule has 0 aliphatic heterocycles. The van der Waals surface area contributed by atoms with Crippen molar-refractivity contribution in [1.29, 1.82) is 0 Å². The van der Waals surface area contributed by atoms with Crippen LogP contribution in [-0.4, -0.2) is 19.7 Å². The molecule has 0 bridgehead atoms. The lowest BCUT2D eigenvalue weighted by molar-refractivity contribution is -0.140. The van der Waals surface area contributed by atoms with Gasteiger partial charge in [0.25, 0.3) is 5.56 Å². The van der Waals surface area contributed by atoms with Crippen molar-refractivity contribution in [3.05, 3.63) is 74.6 Å². The highest BCUT2D eigenvalue weighted by molar-refractivity contribution is 6.31. The first-order chi connectivity index (χ1) is 13.6. The average molecular weight is 440 g/mol. The Hall–Kier alpha value is -2.97. The molecule has 4 rings (SSSR count). The van der Waals surface area contributed by atoms with Gasteiger partial charge in [0.1, 0.15) is 11.4 Å². The summed E-state index contributed by atoms with van der Waals surface area (Å²) in [7, 11) is 0. The third kappa shape index (κ3) is 3.45. The van der Waals surface area contributed by atoms with Crippen molar-refractivity contribution in [2.24, 2.45) is 0 Å². The van der Waals surface area contributed by atoms with Gasteiger partial charge in [0.05, 0.1) is 11.3 Å². The van der Waals surface area contributed by atoms with Crippen LogP contribution in [0.5, 0.6) is 5.75 Å². The number of nitrogens with zero attached hydrogens (tertiary/aromatic N) is 2. The van der Waals surface area contributed by atoms with Gasteiger partial charge in [-0.2, -0.15) is 18.3 Å². The molecular weight excluding hydrogens is 430 g/mol. The van der Waals surface area contributed by atoms with E-state index in [-0.39, 0.29) is 38.8 Å². The molecule has 0 atom stereocenters. The molecule has 0 unspecified atom stereocenters. The topological polar surface area (TPSA) is 70.4 Å². The maximum atomic E-state index is 13.8. The molecule has 0 saturated carbocycles. The minimum Gasteiger partial charge on any atom is -0.507 e. The van der Waals surface area contributed by atoms with Crippen LogP contribution in [0.3, 0.4) is 0 Å². The first kappa shape index (κ1) is 19.4. The Bertz CT molecular complexity index is 1300. The Morgan fingerprint density at radius 3 is 2.28 bits per heavy atom. The van der Waals surface area contributed by atoms with E-state index in [0.717, 1.165) is 10.6 Å². The van der Waals surface area contributed by atoms with Gasteiger partial charge in [0, 0.05) is 21.7 Å². The van der Waals surface area contributed by atoms with Crippen LogP contribution in [0.15, 0.2) is 53.3 Å². The minimum absolute atomic E-state index is 0.0244. The molecule has 0 radical (unpaired) electrons. The molecule has 0 aliphatic carbocycles. The lowest BCUT2D eigenvalue weighted by atomic mass is 10.1. The maximum absolute atomic E-state index is 13.8. The van der Waals surface area contributed by atoms with Crippen LogP contribution >= 0.6 is 23.2 Å². The van der Waals surface area contributed by atoms with E-state index in [2.05, 4.69) is 10.1 Å². The van der Waals surface area contributed by atoms with Crippen LogP contribution in [-0.2, 0) is 6.18 Å². The van der Waals surface area contributed by atoms with Gasteiger partial charge in [-0.15, -0.1) is 0 Å². The highest BCUT2D eigenvalue weighted by Crippen LogP contribution is 2.40. The molecule has 5 nitrogen and oxygen atoms in total. The maximum Gasteiger partial charge on any atom is 0.435 e. The molecule has 2 heterocycles.